The third kappa shape index (κ3) is 5.00. The standard InChI is InChI=1S/C22H25F3N6O/c1-15(7-8-16-5-3-2-4-6-16)26-20(32)17-11-13-30(14-12-17)19-10-9-18-27-28-21(22(23,24)25)31(18)29-19/h2-6,9-10,15,17H,7-8,11-14H2,1H3,(H,26,32). The van der Waals surface area contributed by atoms with E-state index in [-0.39, 0.29) is 23.5 Å². The molecule has 0 radical (unpaired) electrons. The first-order valence-electron chi connectivity index (χ1n) is 10.7. The van der Waals surface area contributed by atoms with Gasteiger partial charge in [-0.05, 0) is 50.3 Å². The quantitative estimate of drug-likeness (QED) is 0.627. The van der Waals surface area contributed by atoms with E-state index in [0.717, 1.165) is 17.4 Å². The minimum Gasteiger partial charge on any atom is -0.355 e. The zero-order valence-electron chi connectivity index (χ0n) is 17.7. The molecule has 2 aromatic heterocycles. The molecule has 0 bridgehead atoms. The van der Waals surface area contributed by atoms with Gasteiger partial charge in [-0.25, -0.2) is 0 Å². The largest absolute Gasteiger partial charge is 0.453 e. The number of aromatic nitrogens is 4. The molecule has 1 amide bonds. The number of nitrogens with one attached hydrogen (secondary N) is 1. The second-order valence-electron chi connectivity index (χ2n) is 8.18. The van der Waals surface area contributed by atoms with Crippen LogP contribution in [-0.4, -0.2) is 44.8 Å². The van der Waals surface area contributed by atoms with E-state index in [4.69, 9.17) is 0 Å². The summed E-state index contributed by atoms with van der Waals surface area (Å²) in [5.41, 5.74) is 1.29. The smallest absolute Gasteiger partial charge is 0.355 e. The Kier molecular flexibility index (Phi) is 6.29. The summed E-state index contributed by atoms with van der Waals surface area (Å²) in [5.74, 6) is -0.812. The predicted molar refractivity (Wildman–Crippen MR) is 113 cm³/mol. The SMILES string of the molecule is CC(CCc1ccccc1)NC(=O)C1CCN(c2ccc3nnc(C(F)(F)F)n3n2)CC1. The lowest BCUT2D eigenvalue weighted by atomic mass is 9.95. The molecule has 1 saturated heterocycles. The molecule has 1 unspecified atom stereocenters. The Balaban J connectivity index is 1.31. The third-order valence-electron chi connectivity index (χ3n) is 5.79. The number of anilines is 1. The highest BCUT2D eigenvalue weighted by atomic mass is 19.4. The van der Waals surface area contributed by atoms with Crippen LogP contribution in [0.5, 0.6) is 0 Å². The first kappa shape index (κ1) is 22.0. The molecule has 4 rings (SSSR count). The van der Waals surface area contributed by atoms with E-state index in [2.05, 4.69) is 32.7 Å². The minimum absolute atomic E-state index is 0.0341. The first-order chi connectivity index (χ1) is 15.3. The molecule has 1 aromatic carbocycles. The van der Waals surface area contributed by atoms with Crippen molar-refractivity contribution in [1.29, 1.82) is 0 Å². The fraction of sp³-hybridized carbons (Fsp3) is 0.455. The lowest BCUT2D eigenvalue weighted by molar-refractivity contribution is -0.146. The molecule has 32 heavy (non-hydrogen) atoms. The summed E-state index contributed by atoms with van der Waals surface area (Å²) in [7, 11) is 0. The highest BCUT2D eigenvalue weighted by molar-refractivity contribution is 5.79. The summed E-state index contributed by atoms with van der Waals surface area (Å²) in [6.07, 6.45) is -1.64. The molecule has 0 spiro atoms. The summed E-state index contributed by atoms with van der Waals surface area (Å²) in [6.45, 7) is 3.09. The monoisotopic (exact) mass is 446 g/mol. The number of aryl methyl sites for hydroxylation is 1. The van der Waals surface area contributed by atoms with E-state index in [1.807, 2.05) is 30.0 Å². The van der Waals surface area contributed by atoms with Crippen molar-refractivity contribution >= 4 is 17.4 Å². The van der Waals surface area contributed by atoms with Gasteiger partial charge in [-0.1, -0.05) is 30.3 Å². The number of halogens is 3. The van der Waals surface area contributed by atoms with E-state index < -0.39 is 12.0 Å². The van der Waals surface area contributed by atoms with Crippen LogP contribution in [-0.2, 0) is 17.4 Å². The summed E-state index contributed by atoms with van der Waals surface area (Å²) in [5, 5.41) is 13.9. The molecule has 1 atom stereocenters. The normalized spacial score (nSPS) is 16.3. The molecular formula is C22H25F3N6O. The first-order valence-corrected chi connectivity index (χ1v) is 10.7. The van der Waals surface area contributed by atoms with Crippen LogP contribution in [0.2, 0.25) is 0 Å². The second kappa shape index (κ2) is 9.13. The molecule has 3 heterocycles. The van der Waals surface area contributed by atoms with Gasteiger partial charge < -0.3 is 10.2 Å². The van der Waals surface area contributed by atoms with Gasteiger partial charge in [0.25, 0.3) is 5.82 Å². The topological polar surface area (TPSA) is 75.4 Å². The van der Waals surface area contributed by atoms with Crippen LogP contribution in [0.3, 0.4) is 0 Å². The molecule has 1 aliphatic heterocycles. The van der Waals surface area contributed by atoms with Crippen molar-refractivity contribution in [3.8, 4) is 0 Å². The van der Waals surface area contributed by atoms with Gasteiger partial charge in [-0.2, -0.15) is 17.7 Å². The molecule has 10 heteroatoms. The van der Waals surface area contributed by atoms with Crippen molar-refractivity contribution < 1.29 is 18.0 Å². The molecule has 3 aromatic rings. The van der Waals surface area contributed by atoms with Gasteiger partial charge in [0, 0.05) is 25.0 Å². The number of hydrogen-bond donors (Lipinski definition) is 1. The Morgan fingerprint density at radius 3 is 2.53 bits per heavy atom. The van der Waals surface area contributed by atoms with E-state index in [1.165, 1.54) is 11.6 Å². The van der Waals surface area contributed by atoms with Crippen molar-refractivity contribution in [2.75, 3.05) is 18.0 Å². The van der Waals surface area contributed by atoms with Crippen molar-refractivity contribution in [1.82, 2.24) is 25.1 Å². The molecule has 1 aliphatic rings. The van der Waals surface area contributed by atoms with E-state index in [0.29, 0.717) is 31.7 Å². The number of amides is 1. The maximum atomic E-state index is 13.1. The van der Waals surface area contributed by atoms with E-state index in [9.17, 15) is 18.0 Å². The lowest BCUT2D eigenvalue weighted by Crippen LogP contribution is -2.43. The summed E-state index contributed by atoms with van der Waals surface area (Å²) < 4.78 is 40.0. The fourth-order valence-electron chi connectivity index (χ4n) is 3.96. The zero-order chi connectivity index (χ0) is 22.7. The average Bonchev–Trinajstić information content (AvgIpc) is 3.22. The van der Waals surface area contributed by atoms with Crippen LogP contribution in [0.1, 0.15) is 37.6 Å². The highest BCUT2D eigenvalue weighted by Crippen LogP contribution is 2.28. The number of fused-ring (bicyclic) bond motifs is 1. The van der Waals surface area contributed by atoms with Crippen LogP contribution < -0.4 is 10.2 Å². The number of benzene rings is 1. The lowest BCUT2D eigenvalue weighted by Gasteiger charge is -2.32. The van der Waals surface area contributed by atoms with Crippen LogP contribution in [0.15, 0.2) is 42.5 Å². The number of carbonyl (C=O) groups is 1. The van der Waals surface area contributed by atoms with Crippen molar-refractivity contribution in [3.05, 3.63) is 53.9 Å². The van der Waals surface area contributed by atoms with Gasteiger partial charge in [0.1, 0.15) is 5.82 Å². The van der Waals surface area contributed by atoms with Gasteiger partial charge in [-0.3, -0.25) is 4.79 Å². The Bertz CT molecular complexity index is 1060. The van der Waals surface area contributed by atoms with Crippen molar-refractivity contribution in [3.63, 3.8) is 0 Å². The van der Waals surface area contributed by atoms with Crippen LogP contribution in [0.25, 0.3) is 5.65 Å². The van der Waals surface area contributed by atoms with Gasteiger partial charge in [0.15, 0.2) is 5.65 Å². The molecule has 0 saturated carbocycles. The zero-order valence-corrected chi connectivity index (χ0v) is 17.7. The maximum absolute atomic E-state index is 13.1. The maximum Gasteiger partial charge on any atom is 0.453 e. The number of carbonyl (C=O) groups excluding carboxylic acids is 1. The minimum atomic E-state index is -4.63. The predicted octanol–water partition coefficient (Wildman–Crippen LogP) is 3.50. The van der Waals surface area contributed by atoms with E-state index >= 15 is 0 Å². The van der Waals surface area contributed by atoms with Crippen molar-refractivity contribution in [2.45, 2.75) is 44.8 Å². The third-order valence-corrected chi connectivity index (χ3v) is 5.79. The van der Waals surface area contributed by atoms with Crippen LogP contribution in [0, 0.1) is 5.92 Å². The second-order valence-corrected chi connectivity index (χ2v) is 8.18. The Morgan fingerprint density at radius 2 is 1.84 bits per heavy atom. The van der Waals surface area contributed by atoms with Gasteiger partial charge >= 0.3 is 6.18 Å². The summed E-state index contributed by atoms with van der Waals surface area (Å²) in [6, 6.07) is 13.3. The fourth-order valence-corrected chi connectivity index (χ4v) is 3.96. The Morgan fingerprint density at radius 1 is 1.12 bits per heavy atom. The summed E-state index contributed by atoms with van der Waals surface area (Å²) >= 11 is 0. The number of rotatable bonds is 6. The number of nitrogens with zero attached hydrogens (tertiary/aromatic N) is 5. The molecular weight excluding hydrogens is 421 g/mol. The number of alkyl halides is 3. The van der Waals surface area contributed by atoms with Gasteiger partial charge in [0.2, 0.25) is 5.91 Å². The van der Waals surface area contributed by atoms with Crippen molar-refractivity contribution in [2.24, 2.45) is 5.92 Å². The molecule has 1 fully saturated rings. The molecule has 7 nitrogen and oxygen atoms in total. The Labute approximate surface area is 183 Å². The van der Waals surface area contributed by atoms with Crippen LogP contribution >= 0.6 is 0 Å². The molecule has 0 aliphatic carbocycles. The highest BCUT2D eigenvalue weighted by Gasteiger charge is 2.38. The number of hydrogen-bond acceptors (Lipinski definition) is 5. The summed E-state index contributed by atoms with van der Waals surface area (Å²) in [4.78, 5) is 14.6. The average molecular weight is 446 g/mol. The van der Waals surface area contributed by atoms with Gasteiger partial charge in [-0.15, -0.1) is 15.3 Å². The molecule has 170 valence electrons. The Hall–Kier alpha value is -3.17. The number of piperidine rings is 1. The van der Waals surface area contributed by atoms with Gasteiger partial charge in [0.05, 0.1) is 0 Å². The van der Waals surface area contributed by atoms with E-state index in [1.54, 1.807) is 6.07 Å². The molecule has 1 N–H and O–H groups in total. The van der Waals surface area contributed by atoms with Crippen LogP contribution in [0.4, 0.5) is 19.0 Å².